The molecule has 0 saturated carbocycles. The van der Waals surface area contributed by atoms with E-state index in [0.717, 1.165) is 6.42 Å². The van der Waals surface area contributed by atoms with Crippen LogP contribution in [-0.2, 0) is 10.5 Å². The maximum absolute atomic E-state index is 3.95. The predicted molar refractivity (Wildman–Crippen MR) is 127 cm³/mol. The van der Waals surface area contributed by atoms with E-state index in [1.54, 1.807) is 0 Å². The fourth-order valence-corrected chi connectivity index (χ4v) is 8.39. The Morgan fingerprint density at radius 3 is 2.14 bits per heavy atom. The van der Waals surface area contributed by atoms with E-state index in [2.05, 4.69) is 122 Å². The average molecular weight is 418 g/mol. The quantitative estimate of drug-likeness (QED) is 0.474. The second-order valence-corrected chi connectivity index (χ2v) is 11.4. The lowest BCUT2D eigenvalue weighted by Gasteiger charge is -2.47. The second kappa shape index (κ2) is 7.77. The van der Waals surface area contributed by atoms with E-state index in [4.69, 9.17) is 0 Å². The molecule has 3 heteroatoms. The van der Waals surface area contributed by atoms with Crippen molar-refractivity contribution in [1.29, 1.82) is 0 Å². The van der Waals surface area contributed by atoms with Crippen LogP contribution in [0.2, 0.25) is 0 Å². The van der Waals surface area contributed by atoms with Gasteiger partial charge in [-0.05, 0) is 42.5 Å². The fraction of sp³-hybridized carbons (Fsp3) is 0.308. The molecule has 0 saturated heterocycles. The van der Waals surface area contributed by atoms with Gasteiger partial charge in [-0.15, -0.1) is 23.5 Å². The number of hydrogen-bond donors (Lipinski definition) is 1. The van der Waals surface area contributed by atoms with Crippen LogP contribution in [0.25, 0.3) is 0 Å². The van der Waals surface area contributed by atoms with Crippen molar-refractivity contribution in [2.24, 2.45) is 11.8 Å². The van der Waals surface area contributed by atoms with E-state index >= 15 is 0 Å². The summed E-state index contributed by atoms with van der Waals surface area (Å²) in [7, 11) is 0. The van der Waals surface area contributed by atoms with Gasteiger partial charge in [-0.2, -0.15) is 0 Å². The molecule has 0 amide bonds. The number of nitrogens with one attached hydrogen (secondary N) is 1. The van der Waals surface area contributed by atoms with E-state index in [1.807, 2.05) is 0 Å². The first-order valence-corrected chi connectivity index (χ1v) is 12.2. The molecule has 29 heavy (non-hydrogen) atoms. The van der Waals surface area contributed by atoms with Gasteiger partial charge in [0.15, 0.2) is 0 Å². The number of hydrogen-bond acceptors (Lipinski definition) is 3. The normalized spacial score (nSPS) is 21.6. The van der Waals surface area contributed by atoms with E-state index in [0.29, 0.717) is 17.9 Å². The van der Waals surface area contributed by atoms with Crippen LogP contribution in [0.3, 0.4) is 0 Å². The Morgan fingerprint density at radius 1 is 0.828 bits per heavy atom. The van der Waals surface area contributed by atoms with Crippen molar-refractivity contribution in [2.45, 2.75) is 46.6 Å². The van der Waals surface area contributed by atoms with Crippen LogP contribution in [0.4, 0.5) is 5.69 Å². The number of fused-ring (bicyclic) bond motifs is 3. The third-order valence-electron chi connectivity index (χ3n) is 6.01. The fourth-order valence-electron chi connectivity index (χ4n) is 4.78. The Kier molecular flexibility index (Phi) is 5.13. The molecular weight excluding hydrogens is 390 g/mol. The summed E-state index contributed by atoms with van der Waals surface area (Å²) in [6.45, 7) is 4.69. The molecule has 0 aliphatic carbocycles. The Bertz CT molecular complexity index is 973. The van der Waals surface area contributed by atoms with Crippen molar-refractivity contribution in [3.63, 3.8) is 0 Å². The second-order valence-electron chi connectivity index (χ2n) is 8.54. The zero-order valence-electron chi connectivity index (χ0n) is 17.0. The van der Waals surface area contributed by atoms with Gasteiger partial charge in [0.1, 0.15) is 4.08 Å². The lowest BCUT2D eigenvalue weighted by atomic mass is 9.79. The van der Waals surface area contributed by atoms with Gasteiger partial charge >= 0.3 is 0 Å². The van der Waals surface area contributed by atoms with E-state index < -0.39 is 0 Å². The van der Waals surface area contributed by atoms with Crippen LogP contribution in [0.15, 0.2) is 88.7 Å². The summed E-state index contributed by atoms with van der Waals surface area (Å²) in [6, 6.07) is 29.4. The van der Waals surface area contributed by atoms with Crippen molar-refractivity contribution in [2.75, 3.05) is 5.32 Å². The molecule has 2 atom stereocenters. The number of thioether (sulfide) groups is 2. The number of benzene rings is 3. The summed E-state index contributed by atoms with van der Waals surface area (Å²) in [5.74, 6) is 1.16. The van der Waals surface area contributed by atoms with Crippen molar-refractivity contribution >= 4 is 29.2 Å². The van der Waals surface area contributed by atoms with Crippen LogP contribution < -0.4 is 5.32 Å². The topological polar surface area (TPSA) is 12.0 Å². The molecule has 1 nitrogen and oxygen atoms in total. The minimum atomic E-state index is 0.0148. The molecule has 2 aliphatic heterocycles. The molecule has 2 heterocycles. The van der Waals surface area contributed by atoms with E-state index in [9.17, 15) is 0 Å². The van der Waals surface area contributed by atoms with E-state index in [1.165, 1.54) is 33.0 Å². The molecule has 5 rings (SSSR count). The molecule has 1 spiro atoms. The molecule has 3 aromatic carbocycles. The summed E-state index contributed by atoms with van der Waals surface area (Å²) in [5.41, 5.74) is 4.20. The zero-order valence-corrected chi connectivity index (χ0v) is 18.6. The van der Waals surface area contributed by atoms with Gasteiger partial charge in [-0.25, -0.2) is 0 Å². The van der Waals surface area contributed by atoms with Crippen molar-refractivity contribution in [3.05, 3.63) is 90.0 Å². The highest BCUT2D eigenvalue weighted by atomic mass is 32.2. The molecule has 0 fully saturated rings. The van der Waals surface area contributed by atoms with Gasteiger partial charge in [-0.3, -0.25) is 0 Å². The Morgan fingerprint density at radius 2 is 1.45 bits per heavy atom. The maximum atomic E-state index is 3.95. The van der Waals surface area contributed by atoms with Gasteiger partial charge in [-0.1, -0.05) is 74.5 Å². The maximum Gasteiger partial charge on any atom is 0.102 e. The molecule has 0 bridgehead atoms. The number of rotatable bonds is 4. The Hall–Kier alpha value is -1.84. The van der Waals surface area contributed by atoms with Crippen LogP contribution in [0, 0.1) is 11.8 Å². The summed E-state index contributed by atoms with van der Waals surface area (Å²) in [6.07, 6.45) is 2.28. The zero-order chi connectivity index (χ0) is 19.8. The summed E-state index contributed by atoms with van der Waals surface area (Å²) in [4.78, 5) is 2.85. The van der Waals surface area contributed by atoms with Gasteiger partial charge in [0.2, 0.25) is 0 Å². The highest BCUT2D eigenvalue weighted by Crippen LogP contribution is 2.68. The number of anilines is 1. The van der Waals surface area contributed by atoms with Gasteiger partial charge in [0.05, 0.1) is 0 Å². The van der Waals surface area contributed by atoms with Gasteiger partial charge in [0.25, 0.3) is 0 Å². The molecule has 0 radical (unpaired) electrons. The third kappa shape index (κ3) is 3.49. The van der Waals surface area contributed by atoms with Crippen LogP contribution in [0.5, 0.6) is 0 Å². The SMILES string of the molecule is CC(C)CC1Nc2ccccc2C2(Sc3ccccc3S2)C1Cc1ccccc1. The van der Waals surface area contributed by atoms with Crippen molar-refractivity contribution in [1.82, 2.24) is 0 Å². The summed E-state index contributed by atoms with van der Waals surface area (Å²) >= 11 is 4.17. The smallest absolute Gasteiger partial charge is 0.102 e. The first-order valence-electron chi connectivity index (χ1n) is 10.5. The van der Waals surface area contributed by atoms with Crippen molar-refractivity contribution < 1.29 is 0 Å². The average Bonchev–Trinajstić information content (AvgIpc) is 3.11. The predicted octanol–water partition coefficient (Wildman–Crippen LogP) is 7.44. The summed E-state index contributed by atoms with van der Waals surface area (Å²) < 4.78 is 0.0148. The largest absolute Gasteiger partial charge is 0.382 e. The lowest BCUT2D eigenvalue weighted by Crippen LogP contribution is -2.46. The van der Waals surface area contributed by atoms with Crippen LogP contribution in [-0.4, -0.2) is 6.04 Å². The third-order valence-corrected chi connectivity index (χ3v) is 9.45. The molecule has 2 aliphatic rings. The minimum Gasteiger partial charge on any atom is -0.382 e. The van der Waals surface area contributed by atoms with Crippen LogP contribution in [0.1, 0.15) is 31.4 Å². The standard InChI is InChI=1S/C26H27NS2/c1-18(2)16-23-21(17-19-10-4-3-5-11-19)26(20-12-6-7-13-22(20)27-23)28-24-14-8-9-15-25(24)29-26/h3-15,18,21,23,27H,16-17H2,1-2H3. The highest BCUT2D eigenvalue weighted by Gasteiger charge is 2.53. The first kappa shape index (κ1) is 19.1. The first-order chi connectivity index (χ1) is 14.2. The molecule has 2 unspecified atom stereocenters. The molecule has 0 aromatic heterocycles. The van der Waals surface area contributed by atoms with Gasteiger partial charge in [0, 0.05) is 33.0 Å². The monoisotopic (exact) mass is 417 g/mol. The molecular formula is C26H27NS2. The van der Waals surface area contributed by atoms with Crippen LogP contribution >= 0.6 is 23.5 Å². The summed E-state index contributed by atoms with van der Waals surface area (Å²) in [5, 5.41) is 3.95. The number of para-hydroxylation sites is 1. The Labute approximate surface area is 182 Å². The lowest BCUT2D eigenvalue weighted by molar-refractivity contribution is 0.348. The van der Waals surface area contributed by atoms with E-state index in [-0.39, 0.29) is 4.08 Å². The minimum absolute atomic E-state index is 0.0148. The molecule has 1 N–H and O–H groups in total. The molecule has 148 valence electrons. The van der Waals surface area contributed by atoms with Crippen molar-refractivity contribution in [3.8, 4) is 0 Å². The van der Waals surface area contributed by atoms with Gasteiger partial charge < -0.3 is 5.32 Å². The highest BCUT2D eigenvalue weighted by molar-refractivity contribution is 8.20. The Balaban J connectivity index is 1.64. The molecule has 3 aromatic rings.